The van der Waals surface area contributed by atoms with Gasteiger partial charge < -0.3 is 9.84 Å². The molecule has 16 heavy (non-hydrogen) atoms. The van der Waals surface area contributed by atoms with Crippen LogP contribution < -0.4 is 4.74 Å². The Labute approximate surface area is 97.3 Å². The van der Waals surface area contributed by atoms with Crippen LogP contribution in [0.5, 0.6) is 5.75 Å². The number of aliphatic hydroxyl groups excluding tert-OH is 1. The predicted molar refractivity (Wildman–Crippen MR) is 64.9 cm³/mol. The number of rotatable bonds is 2. The first-order valence-electron chi connectivity index (χ1n) is 5.95. The number of hydrogen-bond acceptors (Lipinski definition) is 2. The lowest BCUT2D eigenvalue weighted by Crippen LogP contribution is -2.32. The van der Waals surface area contributed by atoms with Crippen LogP contribution in [0, 0.1) is 0 Å². The Morgan fingerprint density at radius 2 is 2.19 bits per heavy atom. The Morgan fingerprint density at radius 3 is 2.88 bits per heavy atom. The number of aliphatic hydroxyl groups is 1. The lowest BCUT2D eigenvalue weighted by molar-refractivity contribution is 0.0846. The average Bonchev–Trinajstić information content (AvgIpc) is 2.16. The van der Waals surface area contributed by atoms with Gasteiger partial charge in [-0.2, -0.15) is 0 Å². The van der Waals surface area contributed by atoms with Gasteiger partial charge in [-0.1, -0.05) is 12.1 Å². The molecule has 0 aromatic heterocycles. The summed E-state index contributed by atoms with van der Waals surface area (Å²) in [7, 11) is 0. The molecule has 0 saturated heterocycles. The first-order valence-corrected chi connectivity index (χ1v) is 5.95. The number of hydrogen-bond donors (Lipinski definition) is 1. The van der Waals surface area contributed by atoms with E-state index in [4.69, 9.17) is 4.74 Å². The molecule has 2 heteroatoms. The molecule has 0 aliphatic carbocycles. The summed E-state index contributed by atoms with van der Waals surface area (Å²) >= 11 is 0. The van der Waals surface area contributed by atoms with Crippen molar-refractivity contribution in [2.24, 2.45) is 0 Å². The first kappa shape index (κ1) is 11.5. The second-order valence-corrected chi connectivity index (χ2v) is 5.36. The van der Waals surface area contributed by atoms with Crippen LogP contribution >= 0.6 is 0 Å². The number of benzene rings is 1. The summed E-state index contributed by atoms with van der Waals surface area (Å²) in [4.78, 5) is 0. The van der Waals surface area contributed by atoms with Crippen LogP contribution in [0.4, 0.5) is 0 Å². The zero-order valence-corrected chi connectivity index (χ0v) is 10.3. The summed E-state index contributed by atoms with van der Waals surface area (Å²) in [5, 5.41) is 9.36. The molecular weight excluding hydrogens is 200 g/mol. The first-order chi connectivity index (χ1) is 7.46. The monoisotopic (exact) mass is 220 g/mol. The zero-order chi connectivity index (χ0) is 11.8. The van der Waals surface area contributed by atoms with Crippen LogP contribution in [-0.4, -0.2) is 16.8 Å². The van der Waals surface area contributed by atoms with Crippen LogP contribution in [0.2, 0.25) is 0 Å². The molecule has 1 aromatic carbocycles. The highest BCUT2D eigenvalue weighted by molar-refractivity contribution is 5.39. The van der Waals surface area contributed by atoms with Gasteiger partial charge in [0.1, 0.15) is 11.4 Å². The van der Waals surface area contributed by atoms with E-state index in [1.807, 2.05) is 19.1 Å². The van der Waals surface area contributed by atoms with Crippen molar-refractivity contribution in [3.05, 3.63) is 29.3 Å². The number of ether oxygens (including phenoxy) is 1. The second kappa shape index (κ2) is 4.10. The summed E-state index contributed by atoms with van der Waals surface area (Å²) in [6.45, 7) is 6.07. The molecule has 1 heterocycles. The van der Waals surface area contributed by atoms with Gasteiger partial charge in [0.25, 0.3) is 0 Å². The molecule has 0 radical (unpaired) electrons. The van der Waals surface area contributed by atoms with Crippen molar-refractivity contribution >= 4 is 0 Å². The van der Waals surface area contributed by atoms with Gasteiger partial charge in [-0.05, 0) is 57.2 Å². The number of fused-ring (bicyclic) bond motifs is 1. The molecule has 0 saturated carbocycles. The molecule has 1 aliphatic heterocycles. The maximum Gasteiger partial charge on any atom is 0.123 e. The van der Waals surface area contributed by atoms with Crippen molar-refractivity contribution in [3.8, 4) is 5.75 Å². The molecule has 2 rings (SSSR count). The molecule has 0 fully saturated rings. The quantitative estimate of drug-likeness (QED) is 0.830. The van der Waals surface area contributed by atoms with Crippen LogP contribution in [0.25, 0.3) is 0 Å². The van der Waals surface area contributed by atoms with E-state index in [2.05, 4.69) is 19.9 Å². The highest BCUT2D eigenvalue weighted by Gasteiger charge is 2.26. The third-order valence-electron chi connectivity index (χ3n) is 3.04. The van der Waals surface area contributed by atoms with Gasteiger partial charge >= 0.3 is 0 Å². The molecule has 1 N–H and O–H groups in total. The highest BCUT2D eigenvalue weighted by atomic mass is 16.5. The van der Waals surface area contributed by atoms with Crippen LogP contribution in [0.3, 0.4) is 0 Å². The predicted octanol–water partition coefficient (Wildman–Crippen LogP) is 2.71. The molecule has 0 amide bonds. The summed E-state index contributed by atoms with van der Waals surface area (Å²) in [5.41, 5.74) is 2.42. The van der Waals surface area contributed by atoms with Gasteiger partial charge in [0.05, 0.1) is 6.10 Å². The molecule has 1 atom stereocenters. The van der Waals surface area contributed by atoms with E-state index in [9.17, 15) is 5.11 Å². The van der Waals surface area contributed by atoms with Crippen LogP contribution in [0.1, 0.15) is 38.3 Å². The minimum absolute atomic E-state index is 0.0429. The fraction of sp³-hybridized carbons (Fsp3) is 0.571. The van der Waals surface area contributed by atoms with Gasteiger partial charge in [0.15, 0.2) is 0 Å². The fourth-order valence-corrected chi connectivity index (χ4v) is 2.18. The van der Waals surface area contributed by atoms with Crippen molar-refractivity contribution in [1.82, 2.24) is 0 Å². The molecule has 0 spiro atoms. The van der Waals surface area contributed by atoms with Gasteiger partial charge in [-0.25, -0.2) is 0 Å². The van der Waals surface area contributed by atoms with Crippen molar-refractivity contribution in [2.45, 2.75) is 51.7 Å². The summed E-state index contributed by atoms with van der Waals surface area (Å²) in [5.74, 6) is 1.01. The fourth-order valence-electron chi connectivity index (χ4n) is 2.18. The van der Waals surface area contributed by atoms with E-state index in [0.717, 1.165) is 25.0 Å². The minimum atomic E-state index is -0.279. The van der Waals surface area contributed by atoms with E-state index in [0.29, 0.717) is 0 Å². The summed E-state index contributed by atoms with van der Waals surface area (Å²) in [6.07, 6.45) is 2.56. The van der Waals surface area contributed by atoms with Crippen molar-refractivity contribution in [2.75, 3.05) is 0 Å². The maximum absolute atomic E-state index is 9.36. The molecule has 0 bridgehead atoms. The van der Waals surface area contributed by atoms with Crippen molar-refractivity contribution in [1.29, 1.82) is 0 Å². The lowest BCUT2D eigenvalue weighted by Gasteiger charge is -2.32. The Balaban J connectivity index is 2.21. The second-order valence-electron chi connectivity index (χ2n) is 5.36. The third kappa shape index (κ3) is 2.56. The SMILES string of the molecule is CC(O)Cc1ccc2c(c1)CCC(C)(C)O2. The molecule has 2 nitrogen and oxygen atoms in total. The Morgan fingerprint density at radius 1 is 1.44 bits per heavy atom. The van der Waals surface area contributed by atoms with E-state index in [1.54, 1.807) is 0 Å². The molecule has 1 unspecified atom stereocenters. The normalized spacial score (nSPS) is 19.8. The highest BCUT2D eigenvalue weighted by Crippen LogP contribution is 2.33. The Bertz CT molecular complexity index is 380. The standard InChI is InChI=1S/C14H20O2/c1-10(15)8-11-4-5-13-12(9-11)6-7-14(2,3)16-13/h4-5,9-10,15H,6-8H2,1-3H3. The van der Waals surface area contributed by atoms with Gasteiger partial charge in [0.2, 0.25) is 0 Å². The minimum Gasteiger partial charge on any atom is -0.488 e. The van der Waals surface area contributed by atoms with Gasteiger partial charge in [-0.15, -0.1) is 0 Å². The van der Waals surface area contributed by atoms with Crippen molar-refractivity contribution < 1.29 is 9.84 Å². The van der Waals surface area contributed by atoms with E-state index in [-0.39, 0.29) is 11.7 Å². The average molecular weight is 220 g/mol. The molecule has 1 aliphatic rings. The van der Waals surface area contributed by atoms with E-state index in [1.165, 1.54) is 11.1 Å². The zero-order valence-electron chi connectivity index (χ0n) is 10.3. The van der Waals surface area contributed by atoms with Crippen molar-refractivity contribution in [3.63, 3.8) is 0 Å². The largest absolute Gasteiger partial charge is 0.488 e. The van der Waals surface area contributed by atoms with Crippen LogP contribution in [0.15, 0.2) is 18.2 Å². The lowest BCUT2D eigenvalue weighted by atomic mass is 9.92. The summed E-state index contributed by atoms with van der Waals surface area (Å²) < 4.78 is 5.92. The molecule has 88 valence electrons. The van der Waals surface area contributed by atoms with Crippen LogP contribution in [-0.2, 0) is 12.8 Å². The van der Waals surface area contributed by atoms with Gasteiger partial charge in [0, 0.05) is 0 Å². The maximum atomic E-state index is 9.36. The Hall–Kier alpha value is -1.02. The van der Waals surface area contributed by atoms with E-state index < -0.39 is 0 Å². The Kier molecular flexibility index (Phi) is 2.94. The number of aryl methyl sites for hydroxylation is 1. The van der Waals surface area contributed by atoms with E-state index >= 15 is 0 Å². The molecular formula is C14H20O2. The molecule has 1 aromatic rings. The smallest absolute Gasteiger partial charge is 0.123 e. The van der Waals surface area contributed by atoms with Gasteiger partial charge in [-0.3, -0.25) is 0 Å². The summed E-state index contributed by atoms with van der Waals surface area (Å²) in [6, 6.07) is 6.25. The topological polar surface area (TPSA) is 29.5 Å². The third-order valence-corrected chi connectivity index (χ3v) is 3.04.